The van der Waals surface area contributed by atoms with Crippen molar-refractivity contribution in [1.82, 2.24) is 20.2 Å². The van der Waals surface area contributed by atoms with Crippen molar-refractivity contribution in [3.63, 3.8) is 0 Å². The molecule has 0 spiro atoms. The van der Waals surface area contributed by atoms with Crippen LogP contribution in [-0.2, 0) is 22.6 Å². The standard InChI is InChI=1S/C14H19N5O2/c1-4-21-14(20)10-19-13(15-16-17-19)9-18(3)12-7-5-11(2)6-8-12/h5-8H,4,9-10H2,1-3H3. The van der Waals surface area contributed by atoms with E-state index in [4.69, 9.17) is 4.74 Å². The second kappa shape index (κ2) is 6.83. The quantitative estimate of drug-likeness (QED) is 0.744. The van der Waals surface area contributed by atoms with Gasteiger partial charge < -0.3 is 9.64 Å². The lowest BCUT2D eigenvalue weighted by atomic mass is 10.2. The van der Waals surface area contributed by atoms with E-state index in [-0.39, 0.29) is 12.5 Å². The van der Waals surface area contributed by atoms with Crippen LogP contribution in [0.1, 0.15) is 18.3 Å². The van der Waals surface area contributed by atoms with Crippen LogP contribution < -0.4 is 4.90 Å². The third-order valence-electron chi connectivity index (χ3n) is 3.04. The molecule has 21 heavy (non-hydrogen) atoms. The summed E-state index contributed by atoms with van der Waals surface area (Å²) < 4.78 is 6.37. The highest BCUT2D eigenvalue weighted by molar-refractivity contribution is 5.69. The lowest BCUT2D eigenvalue weighted by Gasteiger charge is -2.18. The first-order valence-electron chi connectivity index (χ1n) is 6.78. The molecule has 0 N–H and O–H groups in total. The van der Waals surface area contributed by atoms with Gasteiger partial charge in [0.15, 0.2) is 5.82 Å². The smallest absolute Gasteiger partial charge is 0.327 e. The van der Waals surface area contributed by atoms with Crippen LogP contribution in [0.15, 0.2) is 24.3 Å². The summed E-state index contributed by atoms with van der Waals surface area (Å²) in [6.45, 7) is 4.69. The molecular formula is C14H19N5O2. The van der Waals surface area contributed by atoms with Crippen LogP contribution in [0.3, 0.4) is 0 Å². The molecule has 1 aromatic carbocycles. The summed E-state index contributed by atoms with van der Waals surface area (Å²) in [5.41, 5.74) is 2.27. The Hall–Kier alpha value is -2.44. The molecule has 7 nitrogen and oxygen atoms in total. The molecule has 7 heteroatoms. The minimum atomic E-state index is -0.343. The Morgan fingerprint density at radius 2 is 2.05 bits per heavy atom. The van der Waals surface area contributed by atoms with Gasteiger partial charge in [0.2, 0.25) is 0 Å². The Labute approximate surface area is 123 Å². The van der Waals surface area contributed by atoms with Gasteiger partial charge in [0.05, 0.1) is 13.2 Å². The van der Waals surface area contributed by atoms with Crippen LogP contribution in [0, 0.1) is 6.92 Å². The summed E-state index contributed by atoms with van der Waals surface area (Å²) in [6, 6.07) is 8.17. The van der Waals surface area contributed by atoms with Crippen LogP contribution in [-0.4, -0.2) is 39.8 Å². The molecule has 0 fully saturated rings. The van der Waals surface area contributed by atoms with Gasteiger partial charge in [-0.15, -0.1) is 5.10 Å². The molecule has 0 saturated carbocycles. The highest BCUT2D eigenvalue weighted by Gasteiger charge is 2.13. The zero-order valence-corrected chi connectivity index (χ0v) is 12.5. The number of carbonyl (C=O) groups is 1. The molecule has 0 saturated heterocycles. The summed E-state index contributed by atoms with van der Waals surface area (Å²) in [5.74, 6) is 0.273. The fourth-order valence-corrected chi connectivity index (χ4v) is 1.89. The van der Waals surface area contributed by atoms with E-state index in [1.807, 2.05) is 43.1 Å². The average Bonchev–Trinajstić information content (AvgIpc) is 2.87. The number of ether oxygens (including phenoxy) is 1. The number of hydrogen-bond acceptors (Lipinski definition) is 6. The van der Waals surface area contributed by atoms with E-state index >= 15 is 0 Å². The molecule has 0 unspecified atom stereocenters. The molecule has 0 aliphatic rings. The zero-order valence-electron chi connectivity index (χ0n) is 12.5. The molecule has 112 valence electrons. The number of aromatic nitrogens is 4. The average molecular weight is 289 g/mol. The highest BCUT2D eigenvalue weighted by atomic mass is 16.5. The van der Waals surface area contributed by atoms with Crippen LogP contribution in [0.25, 0.3) is 0 Å². The van der Waals surface area contributed by atoms with E-state index in [1.54, 1.807) is 6.92 Å². The lowest BCUT2D eigenvalue weighted by molar-refractivity contribution is -0.144. The van der Waals surface area contributed by atoms with Gasteiger partial charge in [0.1, 0.15) is 6.54 Å². The number of aryl methyl sites for hydroxylation is 1. The van der Waals surface area contributed by atoms with Gasteiger partial charge in [-0.05, 0) is 36.4 Å². The van der Waals surface area contributed by atoms with Crippen LogP contribution >= 0.6 is 0 Å². The molecule has 0 aliphatic carbocycles. The Balaban J connectivity index is 2.04. The monoisotopic (exact) mass is 289 g/mol. The van der Waals surface area contributed by atoms with Crippen molar-refractivity contribution in [3.05, 3.63) is 35.7 Å². The van der Waals surface area contributed by atoms with Gasteiger partial charge in [-0.1, -0.05) is 17.7 Å². The predicted molar refractivity (Wildman–Crippen MR) is 77.7 cm³/mol. The Morgan fingerprint density at radius 3 is 2.71 bits per heavy atom. The normalized spacial score (nSPS) is 10.4. The van der Waals surface area contributed by atoms with E-state index in [1.165, 1.54) is 10.2 Å². The molecule has 2 aromatic rings. The molecule has 0 radical (unpaired) electrons. The predicted octanol–water partition coefficient (Wildman–Crippen LogP) is 1.18. The van der Waals surface area contributed by atoms with Crippen molar-refractivity contribution in [3.8, 4) is 0 Å². The number of anilines is 1. The van der Waals surface area contributed by atoms with Crippen LogP contribution in [0.2, 0.25) is 0 Å². The fourth-order valence-electron chi connectivity index (χ4n) is 1.89. The van der Waals surface area contributed by atoms with E-state index in [0.717, 1.165) is 5.69 Å². The van der Waals surface area contributed by atoms with E-state index in [9.17, 15) is 4.79 Å². The molecule has 2 rings (SSSR count). The first-order valence-corrected chi connectivity index (χ1v) is 6.78. The lowest BCUT2D eigenvalue weighted by Crippen LogP contribution is -2.22. The summed E-state index contributed by atoms with van der Waals surface area (Å²) in [6.07, 6.45) is 0. The maximum absolute atomic E-state index is 11.5. The number of benzene rings is 1. The van der Waals surface area contributed by atoms with Gasteiger partial charge in [-0.3, -0.25) is 4.79 Å². The number of esters is 1. The van der Waals surface area contributed by atoms with Crippen LogP contribution in [0.5, 0.6) is 0 Å². The summed E-state index contributed by atoms with van der Waals surface area (Å²) in [5, 5.41) is 11.4. The number of rotatable bonds is 6. The molecule has 1 aromatic heterocycles. The SMILES string of the molecule is CCOC(=O)Cn1nnnc1CN(C)c1ccc(C)cc1. The first kappa shape index (κ1) is 15.0. The molecule has 0 atom stereocenters. The van der Waals surface area contributed by atoms with Crippen molar-refractivity contribution in [2.75, 3.05) is 18.6 Å². The number of tetrazole rings is 1. The molecule has 0 bridgehead atoms. The Bertz CT molecular complexity index is 594. The molecule has 0 aliphatic heterocycles. The van der Waals surface area contributed by atoms with Crippen molar-refractivity contribution < 1.29 is 9.53 Å². The largest absolute Gasteiger partial charge is 0.465 e. The Morgan fingerprint density at radius 1 is 1.33 bits per heavy atom. The first-order chi connectivity index (χ1) is 10.1. The summed E-state index contributed by atoms with van der Waals surface area (Å²) in [4.78, 5) is 13.5. The van der Waals surface area contributed by atoms with E-state index in [2.05, 4.69) is 15.5 Å². The zero-order chi connectivity index (χ0) is 15.2. The summed E-state index contributed by atoms with van der Waals surface area (Å²) in [7, 11) is 1.95. The minimum absolute atomic E-state index is 0.0257. The van der Waals surface area contributed by atoms with Crippen molar-refractivity contribution >= 4 is 11.7 Å². The number of hydrogen-bond donors (Lipinski definition) is 0. The molecule has 0 amide bonds. The third kappa shape index (κ3) is 4.01. The second-order valence-corrected chi connectivity index (χ2v) is 4.75. The van der Waals surface area contributed by atoms with Gasteiger partial charge in [-0.2, -0.15) is 0 Å². The van der Waals surface area contributed by atoms with Gasteiger partial charge in [0.25, 0.3) is 0 Å². The van der Waals surface area contributed by atoms with Gasteiger partial charge in [0, 0.05) is 12.7 Å². The van der Waals surface area contributed by atoms with Crippen molar-refractivity contribution in [2.24, 2.45) is 0 Å². The Kier molecular flexibility index (Phi) is 4.86. The second-order valence-electron chi connectivity index (χ2n) is 4.75. The molecule has 1 heterocycles. The van der Waals surface area contributed by atoms with E-state index < -0.39 is 0 Å². The number of carbonyl (C=O) groups excluding carboxylic acids is 1. The maximum atomic E-state index is 11.5. The third-order valence-corrected chi connectivity index (χ3v) is 3.04. The highest BCUT2D eigenvalue weighted by Crippen LogP contribution is 2.15. The van der Waals surface area contributed by atoms with Crippen molar-refractivity contribution in [1.29, 1.82) is 0 Å². The topological polar surface area (TPSA) is 73.1 Å². The van der Waals surface area contributed by atoms with Crippen LogP contribution in [0.4, 0.5) is 5.69 Å². The summed E-state index contributed by atoms with van der Waals surface area (Å²) >= 11 is 0. The minimum Gasteiger partial charge on any atom is -0.465 e. The fraction of sp³-hybridized carbons (Fsp3) is 0.429. The van der Waals surface area contributed by atoms with Gasteiger partial charge >= 0.3 is 5.97 Å². The van der Waals surface area contributed by atoms with Crippen molar-refractivity contribution in [2.45, 2.75) is 26.9 Å². The van der Waals surface area contributed by atoms with Gasteiger partial charge in [-0.25, -0.2) is 4.68 Å². The maximum Gasteiger partial charge on any atom is 0.327 e. The van der Waals surface area contributed by atoms with E-state index in [0.29, 0.717) is 19.0 Å². The molecular weight excluding hydrogens is 270 g/mol. The number of nitrogens with zero attached hydrogens (tertiary/aromatic N) is 5.